The minimum atomic E-state index is -0.417. The molecule has 1 aromatic carbocycles. The fraction of sp³-hybridized carbons (Fsp3) is 0.500. The van der Waals surface area contributed by atoms with Crippen LogP contribution in [0.15, 0.2) is 24.3 Å². The summed E-state index contributed by atoms with van der Waals surface area (Å²) < 4.78 is 13.3. The maximum Gasteiger partial charge on any atom is 0.238 e. The second-order valence-electron chi connectivity index (χ2n) is 4.65. The largest absolute Gasteiger partial charge is 0.322 e. The van der Waals surface area contributed by atoms with Crippen molar-refractivity contribution in [3.05, 3.63) is 30.1 Å². The summed E-state index contributed by atoms with van der Waals surface area (Å²) in [6.45, 7) is 6.41. The van der Waals surface area contributed by atoms with Crippen molar-refractivity contribution in [1.82, 2.24) is 5.32 Å². The average molecular weight is 252 g/mol. The topological polar surface area (TPSA) is 41.1 Å². The molecule has 0 saturated heterocycles. The van der Waals surface area contributed by atoms with Crippen LogP contribution in [0.25, 0.3) is 0 Å². The third-order valence-corrected chi connectivity index (χ3v) is 3.38. The molecule has 0 radical (unpaired) electrons. The van der Waals surface area contributed by atoms with E-state index in [0.717, 1.165) is 12.8 Å². The van der Waals surface area contributed by atoms with Crippen molar-refractivity contribution in [2.45, 2.75) is 39.2 Å². The number of anilines is 1. The second kappa shape index (κ2) is 6.50. The first-order chi connectivity index (χ1) is 8.50. The van der Waals surface area contributed by atoms with Crippen LogP contribution in [-0.2, 0) is 4.79 Å². The molecule has 0 saturated carbocycles. The fourth-order valence-corrected chi connectivity index (χ4v) is 1.55. The fourth-order valence-electron chi connectivity index (χ4n) is 1.55. The number of halogens is 1. The number of carbonyl (C=O) groups excluding carboxylic acids is 1. The number of benzene rings is 1. The monoisotopic (exact) mass is 252 g/mol. The van der Waals surface area contributed by atoms with Crippen LogP contribution in [0.2, 0.25) is 0 Å². The number of amides is 1. The molecule has 0 heterocycles. The molecule has 0 fully saturated rings. The molecule has 1 amide bonds. The van der Waals surface area contributed by atoms with Gasteiger partial charge in [-0.05, 0) is 31.9 Å². The quantitative estimate of drug-likeness (QED) is 0.817. The molecule has 0 bridgehead atoms. The summed E-state index contributed by atoms with van der Waals surface area (Å²) in [5.74, 6) is -0.646. The number of nitrogens with one attached hydrogen (secondary N) is 2. The van der Waals surface area contributed by atoms with E-state index in [2.05, 4.69) is 31.4 Å². The van der Waals surface area contributed by atoms with Crippen molar-refractivity contribution >= 4 is 11.6 Å². The van der Waals surface area contributed by atoms with E-state index < -0.39 is 5.82 Å². The summed E-state index contributed by atoms with van der Waals surface area (Å²) in [5.41, 5.74) is 0.172. The van der Waals surface area contributed by atoms with Gasteiger partial charge in [-0.2, -0.15) is 0 Å². The lowest BCUT2D eigenvalue weighted by Crippen LogP contribution is -2.45. The molecule has 2 N–H and O–H groups in total. The highest BCUT2D eigenvalue weighted by Gasteiger charge is 2.19. The van der Waals surface area contributed by atoms with Gasteiger partial charge in [-0.15, -0.1) is 0 Å². The van der Waals surface area contributed by atoms with Crippen LogP contribution in [0.4, 0.5) is 10.1 Å². The van der Waals surface area contributed by atoms with Crippen LogP contribution >= 0.6 is 0 Å². The van der Waals surface area contributed by atoms with Crippen molar-refractivity contribution in [1.29, 1.82) is 0 Å². The molecule has 0 aliphatic heterocycles. The Morgan fingerprint density at radius 3 is 2.44 bits per heavy atom. The highest BCUT2D eigenvalue weighted by molar-refractivity contribution is 5.92. The summed E-state index contributed by atoms with van der Waals surface area (Å²) in [6, 6.07) is 6.15. The lowest BCUT2D eigenvalue weighted by Gasteiger charge is -2.28. The Kier molecular flexibility index (Phi) is 5.28. The van der Waals surface area contributed by atoms with Gasteiger partial charge in [0.2, 0.25) is 5.91 Å². The maximum atomic E-state index is 13.3. The van der Waals surface area contributed by atoms with E-state index in [1.807, 2.05) is 0 Å². The summed E-state index contributed by atoms with van der Waals surface area (Å²) in [4.78, 5) is 11.7. The molecule has 0 aliphatic rings. The summed E-state index contributed by atoms with van der Waals surface area (Å²) in [5, 5.41) is 5.75. The van der Waals surface area contributed by atoms with Crippen LogP contribution in [0.5, 0.6) is 0 Å². The highest BCUT2D eigenvalue weighted by atomic mass is 19.1. The van der Waals surface area contributed by atoms with Crippen LogP contribution < -0.4 is 10.6 Å². The lowest BCUT2D eigenvalue weighted by molar-refractivity contribution is -0.115. The normalized spacial score (nSPS) is 11.3. The molecule has 0 aromatic heterocycles. The van der Waals surface area contributed by atoms with Crippen molar-refractivity contribution in [2.24, 2.45) is 0 Å². The van der Waals surface area contributed by atoms with Crippen molar-refractivity contribution in [3.63, 3.8) is 0 Å². The summed E-state index contributed by atoms with van der Waals surface area (Å²) in [6.07, 6.45) is 1.88. The van der Waals surface area contributed by atoms with Gasteiger partial charge in [0.05, 0.1) is 12.2 Å². The SMILES string of the molecule is CCC(C)(CC)NCC(=O)Nc1ccccc1F. The van der Waals surface area contributed by atoms with Gasteiger partial charge in [-0.3, -0.25) is 4.79 Å². The maximum absolute atomic E-state index is 13.3. The minimum Gasteiger partial charge on any atom is -0.322 e. The van der Waals surface area contributed by atoms with Crippen LogP contribution in [0.1, 0.15) is 33.6 Å². The first kappa shape index (κ1) is 14.6. The zero-order valence-corrected chi connectivity index (χ0v) is 11.2. The Bertz CT molecular complexity index is 403. The smallest absolute Gasteiger partial charge is 0.238 e. The number of carbonyl (C=O) groups is 1. The third kappa shape index (κ3) is 4.11. The van der Waals surface area contributed by atoms with Gasteiger partial charge in [0.1, 0.15) is 5.82 Å². The van der Waals surface area contributed by atoms with E-state index in [-0.39, 0.29) is 23.7 Å². The Balaban J connectivity index is 2.50. The van der Waals surface area contributed by atoms with E-state index in [4.69, 9.17) is 0 Å². The predicted molar refractivity (Wildman–Crippen MR) is 72.0 cm³/mol. The Morgan fingerprint density at radius 2 is 1.89 bits per heavy atom. The van der Waals surface area contributed by atoms with E-state index in [0.29, 0.717) is 0 Å². The molecule has 4 heteroatoms. The molecule has 0 spiro atoms. The molecule has 0 atom stereocenters. The standard InChI is InChI=1S/C14H21FN2O/c1-4-14(3,5-2)16-10-13(18)17-12-9-7-6-8-11(12)15/h6-9,16H,4-5,10H2,1-3H3,(H,17,18). The van der Waals surface area contributed by atoms with E-state index >= 15 is 0 Å². The number of para-hydroxylation sites is 1. The first-order valence-electron chi connectivity index (χ1n) is 6.30. The summed E-state index contributed by atoms with van der Waals surface area (Å²) in [7, 11) is 0. The van der Waals surface area contributed by atoms with Gasteiger partial charge in [0, 0.05) is 5.54 Å². The van der Waals surface area contributed by atoms with Crippen molar-refractivity contribution < 1.29 is 9.18 Å². The molecule has 1 rings (SSSR count). The molecule has 0 unspecified atom stereocenters. The van der Waals surface area contributed by atoms with Gasteiger partial charge >= 0.3 is 0 Å². The first-order valence-corrected chi connectivity index (χ1v) is 6.30. The molecule has 1 aromatic rings. The van der Waals surface area contributed by atoms with E-state index in [1.165, 1.54) is 6.07 Å². The molecule has 100 valence electrons. The third-order valence-electron chi connectivity index (χ3n) is 3.38. The predicted octanol–water partition coefficient (Wildman–Crippen LogP) is 2.93. The molecular formula is C14H21FN2O. The van der Waals surface area contributed by atoms with Gasteiger partial charge in [0.15, 0.2) is 0 Å². The Labute approximate surface area is 108 Å². The zero-order valence-electron chi connectivity index (χ0n) is 11.2. The van der Waals surface area contributed by atoms with E-state index in [1.54, 1.807) is 18.2 Å². The Morgan fingerprint density at radius 1 is 1.28 bits per heavy atom. The molecule has 18 heavy (non-hydrogen) atoms. The van der Waals surface area contributed by atoms with Crippen LogP contribution in [0.3, 0.4) is 0 Å². The van der Waals surface area contributed by atoms with Gasteiger partial charge in [-0.25, -0.2) is 4.39 Å². The highest BCUT2D eigenvalue weighted by Crippen LogP contribution is 2.14. The van der Waals surface area contributed by atoms with Gasteiger partial charge in [0.25, 0.3) is 0 Å². The molecule has 3 nitrogen and oxygen atoms in total. The zero-order chi connectivity index (χ0) is 13.6. The number of hydrogen-bond donors (Lipinski definition) is 2. The van der Waals surface area contributed by atoms with E-state index in [9.17, 15) is 9.18 Å². The second-order valence-corrected chi connectivity index (χ2v) is 4.65. The van der Waals surface area contributed by atoms with Crippen molar-refractivity contribution in [2.75, 3.05) is 11.9 Å². The van der Waals surface area contributed by atoms with Crippen molar-refractivity contribution in [3.8, 4) is 0 Å². The van der Waals surface area contributed by atoms with Crippen LogP contribution in [0, 0.1) is 5.82 Å². The van der Waals surface area contributed by atoms with Gasteiger partial charge in [-0.1, -0.05) is 26.0 Å². The summed E-state index contributed by atoms with van der Waals surface area (Å²) >= 11 is 0. The lowest BCUT2D eigenvalue weighted by atomic mass is 9.96. The number of hydrogen-bond acceptors (Lipinski definition) is 2. The Hall–Kier alpha value is -1.42. The average Bonchev–Trinajstić information content (AvgIpc) is 2.39. The molecule has 0 aliphatic carbocycles. The number of rotatable bonds is 6. The van der Waals surface area contributed by atoms with Gasteiger partial charge < -0.3 is 10.6 Å². The molecular weight excluding hydrogens is 231 g/mol. The minimum absolute atomic E-state index is 0.0490. The van der Waals surface area contributed by atoms with Crippen LogP contribution in [-0.4, -0.2) is 18.0 Å².